The molecule has 2 aromatic rings. The van der Waals surface area contributed by atoms with Crippen LogP contribution in [0.25, 0.3) is 0 Å². The fourth-order valence-electron chi connectivity index (χ4n) is 2.22. The molecule has 5 heteroatoms. The maximum atomic E-state index is 12.9. The van der Waals surface area contributed by atoms with Crippen LogP contribution in [0.15, 0.2) is 48.5 Å². The number of hydrogen-bond acceptors (Lipinski definition) is 3. The summed E-state index contributed by atoms with van der Waals surface area (Å²) in [5, 5.41) is 15.0. The Morgan fingerprint density at radius 2 is 1.09 bits per heavy atom. The molecular formula is C18H18F2N2O. The van der Waals surface area contributed by atoms with Crippen molar-refractivity contribution < 1.29 is 13.5 Å². The van der Waals surface area contributed by atoms with Gasteiger partial charge in [-0.05, 0) is 35.4 Å². The zero-order valence-corrected chi connectivity index (χ0v) is 12.5. The van der Waals surface area contributed by atoms with E-state index in [2.05, 4.69) is 0 Å². The number of nitrogens with one attached hydrogen (secondary N) is 2. The van der Waals surface area contributed by atoms with Crippen molar-refractivity contribution in [3.05, 3.63) is 71.3 Å². The Balaban J connectivity index is 1.93. The molecule has 0 aliphatic heterocycles. The summed E-state index contributed by atoms with van der Waals surface area (Å²) in [6.07, 6.45) is 2.51. The molecule has 0 amide bonds. The van der Waals surface area contributed by atoms with Crippen LogP contribution in [0.2, 0.25) is 0 Å². The monoisotopic (exact) mass is 316 g/mol. The van der Waals surface area contributed by atoms with E-state index in [0.29, 0.717) is 0 Å². The van der Waals surface area contributed by atoms with E-state index in [1.165, 1.54) is 36.7 Å². The van der Waals surface area contributed by atoms with Gasteiger partial charge < -0.3 is 15.6 Å². The Hall–Kier alpha value is -2.40. The summed E-state index contributed by atoms with van der Waals surface area (Å²) in [4.78, 5) is 0. The first-order valence-electron chi connectivity index (χ1n) is 7.24. The Morgan fingerprint density at radius 3 is 1.39 bits per heavy atom. The SMILES string of the molecule is N=CC(COCC(C=N)c1ccc(F)cc1)c1ccc(F)cc1. The van der Waals surface area contributed by atoms with Crippen LogP contribution in [0.4, 0.5) is 8.78 Å². The third kappa shape index (κ3) is 4.79. The van der Waals surface area contributed by atoms with Crippen molar-refractivity contribution in [2.24, 2.45) is 0 Å². The largest absolute Gasteiger partial charge is 0.379 e. The summed E-state index contributed by atoms with van der Waals surface area (Å²) in [5.41, 5.74) is 1.60. The summed E-state index contributed by atoms with van der Waals surface area (Å²) in [6.45, 7) is 0.529. The fourth-order valence-corrected chi connectivity index (χ4v) is 2.22. The minimum Gasteiger partial charge on any atom is -0.379 e. The molecule has 0 aliphatic rings. The number of halogens is 2. The van der Waals surface area contributed by atoms with Crippen LogP contribution in [-0.2, 0) is 4.74 Å². The summed E-state index contributed by atoms with van der Waals surface area (Å²) >= 11 is 0. The highest BCUT2D eigenvalue weighted by Gasteiger charge is 2.13. The molecule has 120 valence electrons. The van der Waals surface area contributed by atoms with Gasteiger partial charge in [0.1, 0.15) is 11.6 Å². The second kappa shape index (κ2) is 8.29. The van der Waals surface area contributed by atoms with Crippen molar-refractivity contribution in [1.82, 2.24) is 0 Å². The van der Waals surface area contributed by atoms with Gasteiger partial charge in [-0.25, -0.2) is 8.78 Å². The lowest BCUT2D eigenvalue weighted by atomic mass is 10.00. The van der Waals surface area contributed by atoms with E-state index in [0.717, 1.165) is 11.1 Å². The molecule has 2 N–H and O–H groups in total. The molecular weight excluding hydrogens is 298 g/mol. The van der Waals surface area contributed by atoms with Crippen molar-refractivity contribution in [1.29, 1.82) is 10.8 Å². The highest BCUT2D eigenvalue weighted by molar-refractivity contribution is 5.65. The second-order valence-corrected chi connectivity index (χ2v) is 5.19. The van der Waals surface area contributed by atoms with E-state index in [9.17, 15) is 8.78 Å². The molecule has 0 radical (unpaired) electrons. The molecule has 0 spiro atoms. The van der Waals surface area contributed by atoms with Gasteiger partial charge in [0.25, 0.3) is 0 Å². The molecule has 0 fully saturated rings. The first-order chi connectivity index (χ1) is 11.1. The van der Waals surface area contributed by atoms with Gasteiger partial charge in [-0.15, -0.1) is 0 Å². The maximum Gasteiger partial charge on any atom is 0.123 e. The van der Waals surface area contributed by atoms with E-state index in [1.54, 1.807) is 24.3 Å². The number of hydrogen-bond donors (Lipinski definition) is 2. The molecule has 0 saturated heterocycles. The number of rotatable bonds is 8. The number of benzene rings is 2. The van der Waals surface area contributed by atoms with Gasteiger partial charge in [-0.2, -0.15) is 0 Å². The number of ether oxygens (including phenoxy) is 1. The van der Waals surface area contributed by atoms with Gasteiger partial charge in [0, 0.05) is 24.3 Å². The van der Waals surface area contributed by atoms with Gasteiger partial charge in [0.2, 0.25) is 0 Å². The molecule has 0 aromatic heterocycles. The van der Waals surface area contributed by atoms with E-state index in [4.69, 9.17) is 15.6 Å². The third-order valence-electron chi connectivity index (χ3n) is 3.59. The van der Waals surface area contributed by atoms with Crippen LogP contribution < -0.4 is 0 Å². The highest BCUT2D eigenvalue weighted by atomic mass is 19.1. The molecule has 2 unspecified atom stereocenters. The molecule has 0 aliphatic carbocycles. The van der Waals surface area contributed by atoms with Crippen molar-refractivity contribution >= 4 is 12.4 Å². The highest BCUT2D eigenvalue weighted by Crippen LogP contribution is 2.18. The standard InChI is InChI=1S/C18H18F2N2O/c19-17-5-1-13(2-6-17)15(9-21)11-23-12-16(10-22)14-3-7-18(20)8-4-14/h1-10,15-16,21-22H,11-12H2. The Kier molecular flexibility index (Phi) is 6.11. The average Bonchev–Trinajstić information content (AvgIpc) is 2.57. The summed E-state index contributed by atoms with van der Waals surface area (Å²) in [6, 6.07) is 11.9. The summed E-state index contributed by atoms with van der Waals surface area (Å²) in [7, 11) is 0. The first-order valence-corrected chi connectivity index (χ1v) is 7.24. The summed E-state index contributed by atoms with van der Waals surface area (Å²) < 4.78 is 31.5. The van der Waals surface area contributed by atoms with Gasteiger partial charge in [0.05, 0.1) is 13.2 Å². The lowest BCUT2D eigenvalue weighted by Crippen LogP contribution is -2.14. The molecule has 2 aromatic carbocycles. The van der Waals surface area contributed by atoms with Crippen LogP contribution in [0, 0.1) is 22.5 Å². The van der Waals surface area contributed by atoms with Crippen LogP contribution in [0.1, 0.15) is 23.0 Å². The quantitative estimate of drug-likeness (QED) is 0.706. The van der Waals surface area contributed by atoms with Crippen LogP contribution in [0.3, 0.4) is 0 Å². The van der Waals surface area contributed by atoms with E-state index in [-0.39, 0.29) is 36.7 Å². The normalized spacial score (nSPS) is 13.3. The smallest absolute Gasteiger partial charge is 0.123 e. The zero-order valence-electron chi connectivity index (χ0n) is 12.5. The minimum atomic E-state index is -0.321. The predicted octanol–water partition coefficient (Wildman–Crippen LogP) is 4.15. The van der Waals surface area contributed by atoms with Crippen molar-refractivity contribution in [3.63, 3.8) is 0 Å². The molecule has 0 bridgehead atoms. The Morgan fingerprint density at radius 1 is 0.739 bits per heavy atom. The lowest BCUT2D eigenvalue weighted by molar-refractivity contribution is 0.131. The average molecular weight is 316 g/mol. The van der Waals surface area contributed by atoms with Crippen LogP contribution in [0.5, 0.6) is 0 Å². The molecule has 0 saturated carbocycles. The van der Waals surface area contributed by atoms with E-state index >= 15 is 0 Å². The second-order valence-electron chi connectivity index (χ2n) is 5.19. The van der Waals surface area contributed by atoms with Gasteiger partial charge in [-0.1, -0.05) is 24.3 Å². The van der Waals surface area contributed by atoms with Crippen LogP contribution >= 0.6 is 0 Å². The molecule has 23 heavy (non-hydrogen) atoms. The fraction of sp³-hybridized carbons (Fsp3) is 0.222. The first kappa shape index (κ1) is 17.0. The lowest BCUT2D eigenvalue weighted by Gasteiger charge is -2.16. The van der Waals surface area contributed by atoms with Gasteiger partial charge in [-0.3, -0.25) is 0 Å². The van der Waals surface area contributed by atoms with Gasteiger partial charge in [0.15, 0.2) is 0 Å². The molecule has 2 atom stereocenters. The zero-order chi connectivity index (χ0) is 16.7. The van der Waals surface area contributed by atoms with Gasteiger partial charge >= 0.3 is 0 Å². The van der Waals surface area contributed by atoms with Crippen molar-refractivity contribution in [3.8, 4) is 0 Å². The summed E-state index contributed by atoms with van der Waals surface area (Å²) in [5.74, 6) is -1.18. The minimum absolute atomic E-state index is 0.265. The molecule has 2 rings (SSSR count). The predicted molar refractivity (Wildman–Crippen MR) is 86.7 cm³/mol. The third-order valence-corrected chi connectivity index (χ3v) is 3.59. The van der Waals surface area contributed by atoms with E-state index < -0.39 is 0 Å². The van der Waals surface area contributed by atoms with E-state index in [1.807, 2.05) is 0 Å². The Labute approximate surface area is 133 Å². The topological polar surface area (TPSA) is 56.9 Å². The maximum absolute atomic E-state index is 12.9. The van der Waals surface area contributed by atoms with Crippen LogP contribution in [-0.4, -0.2) is 25.6 Å². The van der Waals surface area contributed by atoms with Crippen molar-refractivity contribution in [2.45, 2.75) is 11.8 Å². The molecule has 0 heterocycles. The van der Waals surface area contributed by atoms with Crippen molar-refractivity contribution in [2.75, 3.05) is 13.2 Å². The molecule has 3 nitrogen and oxygen atoms in total. The Bertz CT molecular complexity index is 584.